The Morgan fingerprint density at radius 1 is 1.22 bits per heavy atom. The van der Waals surface area contributed by atoms with E-state index in [0.29, 0.717) is 12.5 Å². The molecule has 3 fully saturated rings. The normalized spacial score (nSPS) is 40.3. The Balaban J connectivity index is 1.66. The molecule has 0 amide bonds. The first-order valence-corrected chi connectivity index (χ1v) is 10.6. The molecule has 4 atom stereocenters. The fraction of sp³-hybridized carbons (Fsp3) is 0.941. The molecule has 6 heteroatoms. The molecule has 5 nitrogen and oxygen atoms in total. The predicted octanol–water partition coefficient (Wildman–Crippen LogP) is 2.42. The Hall–Kier alpha value is -0.620. The summed E-state index contributed by atoms with van der Waals surface area (Å²) in [4.78, 5) is 12.6. The molecule has 1 aliphatic heterocycles. The van der Waals surface area contributed by atoms with E-state index in [9.17, 15) is 13.2 Å². The molecule has 2 saturated carbocycles. The number of carbonyl (C=O) groups excluding carboxylic acids is 1. The number of esters is 1. The van der Waals surface area contributed by atoms with Gasteiger partial charge in [-0.25, -0.2) is 12.7 Å². The Morgan fingerprint density at radius 2 is 1.91 bits per heavy atom. The molecule has 3 aliphatic rings. The van der Waals surface area contributed by atoms with Gasteiger partial charge in [0.1, 0.15) is 6.10 Å². The van der Waals surface area contributed by atoms with E-state index in [1.165, 1.54) is 17.0 Å². The largest absolute Gasteiger partial charge is 0.462 e. The summed E-state index contributed by atoms with van der Waals surface area (Å²) >= 11 is 0. The van der Waals surface area contributed by atoms with Crippen molar-refractivity contribution < 1.29 is 17.9 Å². The van der Waals surface area contributed by atoms with E-state index in [1.54, 1.807) is 0 Å². The molecule has 3 rings (SSSR count). The third-order valence-electron chi connectivity index (χ3n) is 7.16. The topological polar surface area (TPSA) is 63.7 Å². The van der Waals surface area contributed by atoms with Crippen LogP contribution in [0.15, 0.2) is 0 Å². The van der Waals surface area contributed by atoms with Gasteiger partial charge in [0.25, 0.3) is 0 Å². The Labute approximate surface area is 139 Å². The highest BCUT2D eigenvalue weighted by molar-refractivity contribution is 7.88. The van der Waals surface area contributed by atoms with Gasteiger partial charge in [-0.05, 0) is 43.4 Å². The van der Waals surface area contributed by atoms with Crippen LogP contribution in [0.5, 0.6) is 0 Å². The highest BCUT2D eigenvalue weighted by atomic mass is 32.2. The third-order valence-corrected chi connectivity index (χ3v) is 8.43. The van der Waals surface area contributed by atoms with Crippen LogP contribution in [-0.4, -0.2) is 44.1 Å². The molecule has 0 spiro atoms. The van der Waals surface area contributed by atoms with Crippen LogP contribution in [0.2, 0.25) is 0 Å². The molecule has 0 aromatic heterocycles. The fourth-order valence-electron chi connectivity index (χ4n) is 4.98. The molecule has 0 unspecified atom stereocenters. The van der Waals surface area contributed by atoms with Gasteiger partial charge in [-0.2, -0.15) is 0 Å². The van der Waals surface area contributed by atoms with Crippen molar-refractivity contribution in [3.63, 3.8) is 0 Å². The molecule has 0 aromatic carbocycles. The van der Waals surface area contributed by atoms with Crippen molar-refractivity contribution in [2.45, 2.75) is 59.0 Å². The number of carbonyl (C=O) groups is 1. The number of sulfonamides is 1. The molecule has 0 aromatic rings. The smallest absolute Gasteiger partial charge is 0.310 e. The predicted molar refractivity (Wildman–Crippen MR) is 88.2 cm³/mol. The first-order chi connectivity index (χ1) is 10.6. The van der Waals surface area contributed by atoms with Crippen LogP contribution in [-0.2, 0) is 19.6 Å². The van der Waals surface area contributed by atoms with Crippen molar-refractivity contribution in [3.8, 4) is 0 Å². The molecule has 132 valence electrons. The van der Waals surface area contributed by atoms with E-state index >= 15 is 0 Å². The van der Waals surface area contributed by atoms with Crippen LogP contribution in [0, 0.1) is 22.7 Å². The molecule has 0 radical (unpaired) electrons. The van der Waals surface area contributed by atoms with Crippen LogP contribution < -0.4 is 0 Å². The van der Waals surface area contributed by atoms with Crippen LogP contribution >= 0.6 is 0 Å². The third kappa shape index (κ3) is 2.72. The number of rotatable bonds is 3. The van der Waals surface area contributed by atoms with E-state index in [2.05, 4.69) is 20.8 Å². The highest BCUT2D eigenvalue weighted by Gasteiger charge is 2.63. The summed E-state index contributed by atoms with van der Waals surface area (Å²) in [5.41, 5.74) is 0.266. The molecule has 1 saturated heterocycles. The monoisotopic (exact) mass is 343 g/mol. The summed E-state index contributed by atoms with van der Waals surface area (Å²) in [5.74, 6) is 0.112. The molecule has 1 heterocycles. The molecular weight excluding hydrogens is 314 g/mol. The fourth-order valence-corrected chi connectivity index (χ4v) is 5.89. The van der Waals surface area contributed by atoms with E-state index < -0.39 is 10.0 Å². The summed E-state index contributed by atoms with van der Waals surface area (Å²) in [7, 11) is -3.23. The second kappa shape index (κ2) is 5.45. The first kappa shape index (κ1) is 17.2. The maximum Gasteiger partial charge on any atom is 0.310 e. The maximum atomic E-state index is 12.6. The maximum absolute atomic E-state index is 12.6. The summed E-state index contributed by atoms with van der Waals surface area (Å²) in [5, 5.41) is 0. The van der Waals surface area contributed by atoms with Gasteiger partial charge < -0.3 is 4.74 Å². The average Bonchev–Trinajstić information content (AvgIpc) is 2.80. The number of hydrogen-bond acceptors (Lipinski definition) is 4. The van der Waals surface area contributed by atoms with Gasteiger partial charge in [0.05, 0.1) is 12.2 Å². The van der Waals surface area contributed by atoms with E-state index in [4.69, 9.17) is 4.74 Å². The SMILES string of the molecule is CC1(C)[C@H]2CC[C@@]1(C)[C@@H](OC(=O)[C@@H]1CCCN(S(C)(=O)=O)C1)C2. The van der Waals surface area contributed by atoms with Crippen molar-refractivity contribution in [3.05, 3.63) is 0 Å². The first-order valence-electron chi connectivity index (χ1n) is 8.71. The lowest BCUT2D eigenvalue weighted by atomic mass is 9.70. The van der Waals surface area contributed by atoms with Gasteiger partial charge >= 0.3 is 5.97 Å². The van der Waals surface area contributed by atoms with Crippen molar-refractivity contribution in [1.29, 1.82) is 0 Å². The molecule has 23 heavy (non-hydrogen) atoms. The summed E-state index contributed by atoms with van der Waals surface area (Å²) in [6.45, 7) is 7.63. The van der Waals surface area contributed by atoms with Crippen molar-refractivity contribution in [2.75, 3.05) is 19.3 Å². The standard InChI is InChI=1S/C17H29NO4S/c1-16(2)13-7-8-17(16,3)14(10-13)22-15(19)12-6-5-9-18(11-12)23(4,20)21/h12-14H,5-11H2,1-4H3/t12-,13+,14+,17+/m1/s1. The van der Waals surface area contributed by atoms with Gasteiger partial charge in [-0.3, -0.25) is 4.79 Å². The van der Waals surface area contributed by atoms with Gasteiger partial charge in [0, 0.05) is 18.5 Å². The highest BCUT2D eigenvalue weighted by Crippen LogP contribution is 2.66. The van der Waals surface area contributed by atoms with Crippen LogP contribution in [0.1, 0.15) is 52.9 Å². The minimum atomic E-state index is -3.23. The molecular formula is C17H29NO4S. The zero-order chi connectivity index (χ0) is 17.0. The van der Waals surface area contributed by atoms with Gasteiger partial charge in [0.15, 0.2) is 0 Å². The van der Waals surface area contributed by atoms with Crippen LogP contribution in [0.25, 0.3) is 0 Å². The minimum absolute atomic E-state index is 0.0163. The quantitative estimate of drug-likeness (QED) is 0.738. The summed E-state index contributed by atoms with van der Waals surface area (Å²) in [6, 6.07) is 0. The van der Waals surface area contributed by atoms with Crippen molar-refractivity contribution in [2.24, 2.45) is 22.7 Å². The average molecular weight is 343 g/mol. The Morgan fingerprint density at radius 3 is 2.43 bits per heavy atom. The van der Waals surface area contributed by atoms with Gasteiger partial charge in [-0.15, -0.1) is 0 Å². The zero-order valence-corrected chi connectivity index (χ0v) is 15.5. The Bertz CT molecular complexity index is 600. The molecule has 2 aliphatic carbocycles. The van der Waals surface area contributed by atoms with E-state index in [-0.39, 0.29) is 35.4 Å². The second-order valence-electron chi connectivity index (χ2n) is 8.50. The second-order valence-corrected chi connectivity index (χ2v) is 10.5. The number of piperidine rings is 1. The number of nitrogens with zero attached hydrogens (tertiary/aromatic N) is 1. The molecule has 0 N–H and O–H groups in total. The van der Waals surface area contributed by atoms with Gasteiger partial charge in [-0.1, -0.05) is 20.8 Å². The zero-order valence-electron chi connectivity index (χ0n) is 14.7. The number of ether oxygens (including phenoxy) is 1. The van der Waals surface area contributed by atoms with E-state index in [1.807, 2.05) is 0 Å². The Kier molecular flexibility index (Phi) is 4.08. The number of fused-ring (bicyclic) bond motifs is 2. The van der Waals surface area contributed by atoms with Crippen LogP contribution in [0.4, 0.5) is 0 Å². The van der Waals surface area contributed by atoms with E-state index in [0.717, 1.165) is 25.7 Å². The van der Waals surface area contributed by atoms with Crippen molar-refractivity contribution >= 4 is 16.0 Å². The summed E-state index contributed by atoms with van der Waals surface area (Å²) in [6.07, 6.45) is 5.94. The van der Waals surface area contributed by atoms with Crippen molar-refractivity contribution in [1.82, 2.24) is 4.31 Å². The molecule has 2 bridgehead atoms. The lowest BCUT2D eigenvalue weighted by molar-refractivity contribution is -0.163. The number of hydrogen-bond donors (Lipinski definition) is 0. The van der Waals surface area contributed by atoms with Crippen LogP contribution in [0.3, 0.4) is 0 Å². The lowest BCUT2D eigenvalue weighted by Crippen LogP contribution is -2.44. The minimum Gasteiger partial charge on any atom is -0.462 e. The summed E-state index contributed by atoms with van der Waals surface area (Å²) < 4.78 is 30.8. The lowest BCUT2D eigenvalue weighted by Gasteiger charge is -2.39. The van der Waals surface area contributed by atoms with Gasteiger partial charge in [0.2, 0.25) is 10.0 Å².